The first-order valence-corrected chi connectivity index (χ1v) is 8.77. The summed E-state index contributed by atoms with van der Waals surface area (Å²) >= 11 is 6.63. The van der Waals surface area contributed by atoms with Crippen LogP contribution in [0.5, 0.6) is 0 Å². The Labute approximate surface area is 155 Å². The van der Waals surface area contributed by atoms with E-state index in [9.17, 15) is 9.59 Å². The van der Waals surface area contributed by atoms with Crippen molar-refractivity contribution < 1.29 is 14.7 Å². The van der Waals surface area contributed by atoms with Gasteiger partial charge in [0.1, 0.15) is 0 Å². The first-order chi connectivity index (χ1) is 11.8. The molecule has 1 N–H and O–H groups in total. The number of benzene rings is 2. The highest BCUT2D eigenvalue weighted by atomic mass is 32.2. The van der Waals surface area contributed by atoms with E-state index in [1.807, 2.05) is 32.0 Å². The molecule has 0 aliphatic carbocycles. The molecule has 1 heterocycles. The number of hydrogen-bond donors (Lipinski definition) is 1. The number of carbonyl (C=O) groups excluding carboxylic acids is 1. The third-order valence-electron chi connectivity index (χ3n) is 3.71. The van der Waals surface area contributed by atoms with Crippen LogP contribution in [-0.4, -0.2) is 21.3 Å². The minimum atomic E-state index is -0.979. The Hall–Kier alpha value is -2.44. The van der Waals surface area contributed by atoms with Crippen LogP contribution in [0.4, 0.5) is 5.69 Å². The molecule has 126 valence electrons. The number of thiocarbonyl (C=S) groups is 1. The predicted octanol–water partition coefficient (Wildman–Crippen LogP) is 4.41. The van der Waals surface area contributed by atoms with Gasteiger partial charge in [0.15, 0.2) is 4.32 Å². The molecule has 4 nitrogen and oxygen atoms in total. The summed E-state index contributed by atoms with van der Waals surface area (Å²) in [6.45, 7) is 3.96. The van der Waals surface area contributed by atoms with E-state index in [4.69, 9.17) is 17.3 Å². The summed E-state index contributed by atoms with van der Waals surface area (Å²) in [7, 11) is 0. The maximum Gasteiger partial charge on any atom is 0.335 e. The van der Waals surface area contributed by atoms with Crippen molar-refractivity contribution in [2.75, 3.05) is 4.90 Å². The van der Waals surface area contributed by atoms with Gasteiger partial charge in [0.05, 0.1) is 16.2 Å². The molecule has 2 aromatic rings. The van der Waals surface area contributed by atoms with Crippen LogP contribution in [-0.2, 0) is 4.79 Å². The fourth-order valence-corrected chi connectivity index (χ4v) is 3.94. The molecule has 0 bridgehead atoms. The van der Waals surface area contributed by atoms with E-state index >= 15 is 0 Å². The average molecular weight is 369 g/mol. The second-order valence-electron chi connectivity index (χ2n) is 5.79. The van der Waals surface area contributed by atoms with Gasteiger partial charge in [-0.1, -0.05) is 42.2 Å². The summed E-state index contributed by atoms with van der Waals surface area (Å²) in [5.74, 6) is -1.14. The van der Waals surface area contributed by atoms with E-state index in [1.165, 1.54) is 28.8 Å². The second-order valence-corrected chi connectivity index (χ2v) is 7.47. The lowest BCUT2D eigenvalue weighted by Crippen LogP contribution is -2.27. The topological polar surface area (TPSA) is 57.6 Å². The Morgan fingerprint density at radius 2 is 1.72 bits per heavy atom. The Morgan fingerprint density at radius 3 is 2.28 bits per heavy atom. The van der Waals surface area contributed by atoms with E-state index in [1.54, 1.807) is 18.2 Å². The first-order valence-electron chi connectivity index (χ1n) is 7.55. The Kier molecular flexibility index (Phi) is 4.74. The lowest BCUT2D eigenvalue weighted by atomic mass is 10.1. The average Bonchev–Trinajstić information content (AvgIpc) is 2.81. The molecule has 0 spiro atoms. The van der Waals surface area contributed by atoms with Gasteiger partial charge in [-0.15, -0.1) is 0 Å². The Morgan fingerprint density at radius 1 is 1.12 bits per heavy atom. The number of rotatable bonds is 3. The van der Waals surface area contributed by atoms with Crippen molar-refractivity contribution in [3.63, 3.8) is 0 Å². The second kappa shape index (κ2) is 6.82. The van der Waals surface area contributed by atoms with Gasteiger partial charge in [-0.05, 0) is 60.9 Å². The molecule has 1 fully saturated rings. The smallest absolute Gasteiger partial charge is 0.335 e. The molecule has 0 aromatic heterocycles. The highest BCUT2D eigenvalue weighted by Crippen LogP contribution is 2.36. The lowest BCUT2D eigenvalue weighted by molar-refractivity contribution is -0.113. The molecule has 1 aliphatic rings. The molecule has 6 heteroatoms. The molecule has 0 unspecified atom stereocenters. The zero-order valence-corrected chi connectivity index (χ0v) is 15.3. The quantitative estimate of drug-likeness (QED) is 0.642. The number of aromatic carboxylic acids is 1. The SMILES string of the molecule is Cc1cc(C)cc(N2C(=O)/C(=C/c3ccc(C(=O)O)cc3)SC2=S)c1. The van der Waals surface area contributed by atoms with Gasteiger partial charge < -0.3 is 5.11 Å². The fourth-order valence-electron chi connectivity index (χ4n) is 2.64. The van der Waals surface area contributed by atoms with Crippen LogP contribution in [0.25, 0.3) is 6.08 Å². The molecule has 3 rings (SSSR count). The summed E-state index contributed by atoms with van der Waals surface area (Å²) in [6, 6.07) is 12.3. The number of carboxylic acids is 1. The van der Waals surface area contributed by atoms with Crippen LogP contribution >= 0.6 is 24.0 Å². The van der Waals surface area contributed by atoms with Crippen LogP contribution in [0, 0.1) is 13.8 Å². The number of aryl methyl sites for hydroxylation is 2. The van der Waals surface area contributed by atoms with Crippen LogP contribution in [0.15, 0.2) is 47.4 Å². The van der Waals surface area contributed by atoms with E-state index in [0.29, 0.717) is 9.23 Å². The molecule has 1 aliphatic heterocycles. The molecule has 2 aromatic carbocycles. The summed E-state index contributed by atoms with van der Waals surface area (Å²) in [4.78, 5) is 25.7. The van der Waals surface area contributed by atoms with Gasteiger partial charge in [0.2, 0.25) is 0 Å². The first kappa shape index (κ1) is 17.4. The third-order valence-corrected chi connectivity index (χ3v) is 5.02. The largest absolute Gasteiger partial charge is 0.478 e. The van der Waals surface area contributed by atoms with Gasteiger partial charge in [0, 0.05) is 0 Å². The van der Waals surface area contributed by atoms with Gasteiger partial charge in [-0.3, -0.25) is 9.69 Å². The van der Waals surface area contributed by atoms with Gasteiger partial charge in [-0.2, -0.15) is 0 Å². The predicted molar refractivity (Wildman–Crippen MR) is 105 cm³/mol. The highest BCUT2D eigenvalue weighted by molar-refractivity contribution is 8.27. The summed E-state index contributed by atoms with van der Waals surface area (Å²) in [5, 5.41) is 8.94. The van der Waals surface area contributed by atoms with Crippen molar-refractivity contribution in [2.45, 2.75) is 13.8 Å². The highest BCUT2D eigenvalue weighted by Gasteiger charge is 2.33. The molecular formula is C19H15NO3S2. The van der Waals surface area contributed by atoms with Crippen LogP contribution in [0.1, 0.15) is 27.0 Å². The van der Waals surface area contributed by atoms with Crippen LogP contribution in [0.3, 0.4) is 0 Å². The van der Waals surface area contributed by atoms with Crippen LogP contribution < -0.4 is 4.90 Å². The standard InChI is InChI=1S/C19H15NO3S2/c1-11-7-12(2)9-15(8-11)20-17(21)16(25-19(20)24)10-13-3-5-14(6-4-13)18(22)23/h3-10H,1-2H3,(H,22,23)/b16-10-. The molecule has 25 heavy (non-hydrogen) atoms. The number of hydrogen-bond acceptors (Lipinski definition) is 4. The van der Waals surface area contributed by atoms with Crippen molar-refractivity contribution in [2.24, 2.45) is 0 Å². The summed E-state index contributed by atoms with van der Waals surface area (Å²) in [5.41, 5.74) is 3.87. The number of anilines is 1. The zero-order valence-electron chi connectivity index (χ0n) is 13.6. The monoisotopic (exact) mass is 369 g/mol. The molecule has 0 radical (unpaired) electrons. The maximum absolute atomic E-state index is 12.8. The molecule has 0 saturated carbocycles. The van der Waals surface area contributed by atoms with E-state index in [-0.39, 0.29) is 11.5 Å². The number of carboxylic acid groups (broad SMARTS) is 1. The van der Waals surface area contributed by atoms with E-state index in [0.717, 1.165) is 22.4 Å². The summed E-state index contributed by atoms with van der Waals surface area (Å²) < 4.78 is 0.489. The third kappa shape index (κ3) is 3.65. The molecular weight excluding hydrogens is 354 g/mol. The van der Waals surface area contributed by atoms with E-state index < -0.39 is 5.97 Å². The Balaban J connectivity index is 1.91. The molecule has 1 saturated heterocycles. The van der Waals surface area contributed by atoms with E-state index in [2.05, 4.69) is 0 Å². The Bertz CT molecular complexity index is 897. The van der Waals surface area contributed by atoms with Crippen molar-refractivity contribution in [3.05, 3.63) is 69.6 Å². The van der Waals surface area contributed by atoms with Crippen molar-refractivity contribution in [1.82, 2.24) is 0 Å². The number of amides is 1. The van der Waals surface area contributed by atoms with Crippen molar-refractivity contribution in [3.8, 4) is 0 Å². The number of thioether (sulfide) groups is 1. The number of carbonyl (C=O) groups is 2. The van der Waals surface area contributed by atoms with Crippen LogP contribution in [0.2, 0.25) is 0 Å². The minimum Gasteiger partial charge on any atom is -0.478 e. The minimum absolute atomic E-state index is 0.165. The fraction of sp³-hybridized carbons (Fsp3) is 0.105. The molecule has 1 amide bonds. The normalized spacial score (nSPS) is 15.9. The van der Waals surface area contributed by atoms with Crippen molar-refractivity contribution >= 4 is 51.9 Å². The van der Waals surface area contributed by atoms with Gasteiger partial charge >= 0.3 is 5.97 Å². The van der Waals surface area contributed by atoms with Crippen molar-refractivity contribution in [1.29, 1.82) is 0 Å². The van der Waals surface area contributed by atoms with Gasteiger partial charge in [-0.25, -0.2) is 4.79 Å². The maximum atomic E-state index is 12.8. The summed E-state index contributed by atoms with van der Waals surface area (Å²) in [6.07, 6.45) is 1.73. The lowest BCUT2D eigenvalue weighted by Gasteiger charge is -2.16. The zero-order chi connectivity index (χ0) is 18.1. The number of nitrogens with zero attached hydrogens (tertiary/aromatic N) is 1. The molecule has 0 atom stereocenters. The van der Waals surface area contributed by atoms with Gasteiger partial charge in [0.25, 0.3) is 5.91 Å².